The SMILES string of the molecule is Cc1cccc(C)c1NC(=O)c1cncc(C(=O)NC(C)c2ccccc2)c1. The highest BCUT2D eigenvalue weighted by atomic mass is 16.2. The highest BCUT2D eigenvalue weighted by Crippen LogP contribution is 2.20. The lowest BCUT2D eigenvalue weighted by molar-refractivity contribution is 0.0939. The molecule has 0 aliphatic heterocycles. The molecule has 1 unspecified atom stereocenters. The Bertz CT molecular complexity index is 979. The second-order valence-corrected chi connectivity index (χ2v) is 6.79. The molecule has 0 fully saturated rings. The Labute approximate surface area is 164 Å². The van der Waals surface area contributed by atoms with Crippen LogP contribution in [-0.2, 0) is 0 Å². The van der Waals surface area contributed by atoms with Crippen LogP contribution in [0.3, 0.4) is 0 Å². The number of rotatable bonds is 5. The fraction of sp³-hybridized carbons (Fsp3) is 0.174. The van der Waals surface area contributed by atoms with Crippen LogP contribution in [0.25, 0.3) is 0 Å². The van der Waals surface area contributed by atoms with E-state index in [1.807, 2.05) is 69.3 Å². The maximum absolute atomic E-state index is 12.7. The minimum absolute atomic E-state index is 0.152. The fourth-order valence-electron chi connectivity index (χ4n) is 2.99. The van der Waals surface area contributed by atoms with Gasteiger partial charge in [-0.25, -0.2) is 0 Å². The van der Waals surface area contributed by atoms with Gasteiger partial charge in [-0.2, -0.15) is 0 Å². The van der Waals surface area contributed by atoms with Crippen LogP contribution in [0.4, 0.5) is 5.69 Å². The molecule has 0 aliphatic rings. The zero-order valence-corrected chi connectivity index (χ0v) is 16.2. The monoisotopic (exact) mass is 373 g/mol. The number of benzene rings is 2. The molecule has 1 heterocycles. The minimum atomic E-state index is -0.296. The number of para-hydroxylation sites is 1. The molecule has 0 bridgehead atoms. The highest BCUT2D eigenvalue weighted by Gasteiger charge is 2.15. The molecule has 0 saturated heterocycles. The van der Waals surface area contributed by atoms with Crippen LogP contribution in [-0.4, -0.2) is 16.8 Å². The molecule has 2 amide bonds. The van der Waals surface area contributed by atoms with Crippen molar-refractivity contribution in [2.45, 2.75) is 26.8 Å². The quantitative estimate of drug-likeness (QED) is 0.694. The van der Waals surface area contributed by atoms with Crippen LogP contribution in [0.15, 0.2) is 67.0 Å². The van der Waals surface area contributed by atoms with E-state index >= 15 is 0 Å². The number of carbonyl (C=O) groups is 2. The van der Waals surface area contributed by atoms with Crippen LogP contribution in [0, 0.1) is 13.8 Å². The number of nitrogens with one attached hydrogen (secondary N) is 2. The average Bonchev–Trinajstić information content (AvgIpc) is 2.71. The zero-order chi connectivity index (χ0) is 20.1. The summed E-state index contributed by atoms with van der Waals surface area (Å²) in [6, 6.07) is 16.9. The van der Waals surface area contributed by atoms with E-state index in [4.69, 9.17) is 0 Å². The molecule has 0 saturated carbocycles. The molecule has 2 aromatic carbocycles. The first kappa shape index (κ1) is 19.3. The molecule has 0 radical (unpaired) electrons. The number of aryl methyl sites for hydroxylation is 2. The molecule has 28 heavy (non-hydrogen) atoms. The first-order chi connectivity index (χ1) is 13.5. The molecule has 0 aliphatic carbocycles. The predicted octanol–water partition coefficient (Wildman–Crippen LogP) is 4.44. The summed E-state index contributed by atoms with van der Waals surface area (Å²) >= 11 is 0. The summed E-state index contributed by atoms with van der Waals surface area (Å²) in [6.07, 6.45) is 2.92. The van der Waals surface area contributed by atoms with Gasteiger partial charge in [0.15, 0.2) is 0 Å². The summed E-state index contributed by atoms with van der Waals surface area (Å²) in [6.45, 7) is 5.80. The van der Waals surface area contributed by atoms with E-state index < -0.39 is 0 Å². The van der Waals surface area contributed by atoms with E-state index in [-0.39, 0.29) is 17.9 Å². The van der Waals surface area contributed by atoms with Crippen LogP contribution in [0.5, 0.6) is 0 Å². The Kier molecular flexibility index (Phi) is 5.84. The Morgan fingerprint density at radius 3 is 2.11 bits per heavy atom. The van der Waals surface area contributed by atoms with Gasteiger partial charge >= 0.3 is 0 Å². The van der Waals surface area contributed by atoms with Gasteiger partial charge in [-0.05, 0) is 43.5 Å². The van der Waals surface area contributed by atoms with E-state index in [0.29, 0.717) is 11.1 Å². The van der Waals surface area contributed by atoms with Gasteiger partial charge in [-0.3, -0.25) is 14.6 Å². The average molecular weight is 373 g/mol. The van der Waals surface area contributed by atoms with Gasteiger partial charge in [0.1, 0.15) is 0 Å². The maximum atomic E-state index is 12.7. The number of nitrogens with zero attached hydrogens (tertiary/aromatic N) is 1. The summed E-state index contributed by atoms with van der Waals surface area (Å²) in [7, 11) is 0. The number of hydrogen-bond donors (Lipinski definition) is 2. The number of pyridine rings is 1. The fourth-order valence-corrected chi connectivity index (χ4v) is 2.99. The maximum Gasteiger partial charge on any atom is 0.257 e. The van der Waals surface area contributed by atoms with Crippen molar-refractivity contribution < 1.29 is 9.59 Å². The second-order valence-electron chi connectivity index (χ2n) is 6.79. The van der Waals surface area contributed by atoms with Crippen LogP contribution >= 0.6 is 0 Å². The van der Waals surface area contributed by atoms with Gasteiger partial charge in [-0.15, -0.1) is 0 Å². The zero-order valence-electron chi connectivity index (χ0n) is 16.2. The predicted molar refractivity (Wildman–Crippen MR) is 110 cm³/mol. The molecule has 5 nitrogen and oxygen atoms in total. The molecular formula is C23H23N3O2. The Morgan fingerprint density at radius 1 is 0.857 bits per heavy atom. The molecular weight excluding hydrogens is 350 g/mol. The second kappa shape index (κ2) is 8.48. The van der Waals surface area contributed by atoms with E-state index in [2.05, 4.69) is 15.6 Å². The number of amides is 2. The van der Waals surface area contributed by atoms with Crippen LogP contribution in [0.2, 0.25) is 0 Å². The third kappa shape index (κ3) is 4.43. The van der Waals surface area contributed by atoms with Gasteiger partial charge in [0.25, 0.3) is 11.8 Å². The first-order valence-electron chi connectivity index (χ1n) is 9.14. The van der Waals surface area contributed by atoms with Gasteiger partial charge < -0.3 is 10.6 Å². The van der Waals surface area contributed by atoms with Gasteiger partial charge in [-0.1, -0.05) is 48.5 Å². The summed E-state index contributed by atoms with van der Waals surface area (Å²) in [4.78, 5) is 29.3. The number of hydrogen-bond acceptors (Lipinski definition) is 3. The first-order valence-corrected chi connectivity index (χ1v) is 9.14. The third-order valence-corrected chi connectivity index (χ3v) is 4.63. The molecule has 1 aromatic heterocycles. The molecule has 3 aromatic rings. The van der Waals surface area contributed by atoms with Gasteiger partial charge in [0.2, 0.25) is 0 Å². The summed E-state index contributed by atoms with van der Waals surface area (Å²) in [5, 5.41) is 5.85. The molecule has 5 heteroatoms. The number of anilines is 1. The molecule has 0 spiro atoms. The van der Waals surface area contributed by atoms with Crippen molar-refractivity contribution >= 4 is 17.5 Å². The van der Waals surface area contributed by atoms with Crippen molar-refractivity contribution in [1.29, 1.82) is 0 Å². The Morgan fingerprint density at radius 2 is 1.46 bits per heavy atom. The molecule has 142 valence electrons. The smallest absolute Gasteiger partial charge is 0.257 e. The van der Waals surface area contributed by atoms with Crippen molar-refractivity contribution in [2.24, 2.45) is 0 Å². The van der Waals surface area contributed by atoms with Crippen molar-refractivity contribution in [2.75, 3.05) is 5.32 Å². The lowest BCUT2D eigenvalue weighted by Crippen LogP contribution is -2.27. The van der Waals surface area contributed by atoms with Crippen LogP contribution in [0.1, 0.15) is 50.4 Å². The van der Waals surface area contributed by atoms with Crippen molar-refractivity contribution in [1.82, 2.24) is 10.3 Å². The van der Waals surface area contributed by atoms with E-state index in [9.17, 15) is 9.59 Å². The lowest BCUT2D eigenvalue weighted by atomic mass is 10.1. The molecule has 2 N–H and O–H groups in total. The van der Waals surface area contributed by atoms with E-state index in [1.54, 1.807) is 6.07 Å². The van der Waals surface area contributed by atoms with Crippen molar-refractivity contribution in [3.8, 4) is 0 Å². The Hall–Kier alpha value is -3.47. The van der Waals surface area contributed by atoms with Gasteiger partial charge in [0.05, 0.1) is 17.2 Å². The number of carbonyl (C=O) groups excluding carboxylic acids is 2. The minimum Gasteiger partial charge on any atom is -0.345 e. The lowest BCUT2D eigenvalue weighted by Gasteiger charge is -2.15. The van der Waals surface area contributed by atoms with Crippen molar-refractivity contribution in [3.63, 3.8) is 0 Å². The summed E-state index contributed by atoms with van der Waals surface area (Å²) in [5.41, 5.74) is 4.42. The normalized spacial score (nSPS) is 11.5. The van der Waals surface area contributed by atoms with E-state index in [0.717, 1.165) is 22.4 Å². The summed E-state index contributed by atoms with van der Waals surface area (Å²) in [5.74, 6) is -0.568. The highest BCUT2D eigenvalue weighted by molar-refractivity contribution is 6.06. The topological polar surface area (TPSA) is 71.1 Å². The third-order valence-electron chi connectivity index (χ3n) is 4.63. The Balaban J connectivity index is 1.74. The summed E-state index contributed by atoms with van der Waals surface area (Å²) < 4.78 is 0. The molecule has 1 atom stereocenters. The van der Waals surface area contributed by atoms with Crippen LogP contribution < -0.4 is 10.6 Å². The standard InChI is InChI=1S/C23H23N3O2/c1-15-8-7-9-16(2)21(15)26-23(28)20-12-19(13-24-14-20)22(27)25-17(3)18-10-5-4-6-11-18/h4-14,17H,1-3H3,(H,25,27)(H,26,28). The van der Waals surface area contributed by atoms with E-state index in [1.165, 1.54) is 12.4 Å². The van der Waals surface area contributed by atoms with Crippen molar-refractivity contribution in [3.05, 3.63) is 94.8 Å². The largest absolute Gasteiger partial charge is 0.345 e. The molecule has 3 rings (SSSR count). The van der Waals surface area contributed by atoms with Gasteiger partial charge in [0, 0.05) is 18.1 Å². The number of aromatic nitrogens is 1.